The highest BCUT2D eigenvalue weighted by Crippen LogP contribution is 2.27. The van der Waals surface area contributed by atoms with Crippen LogP contribution in [0.15, 0.2) is 18.2 Å². The van der Waals surface area contributed by atoms with E-state index in [1.165, 1.54) is 12.1 Å². The Morgan fingerprint density at radius 3 is 2.53 bits per heavy atom. The third-order valence-electron chi connectivity index (χ3n) is 2.08. The molecule has 0 fully saturated rings. The van der Waals surface area contributed by atoms with Gasteiger partial charge in [-0.15, -0.1) is 0 Å². The number of nitrogens with zero attached hydrogens (tertiary/aromatic N) is 1. The van der Waals surface area contributed by atoms with Crippen LogP contribution in [0.1, 0.15) is 5.56 Å². The molecule has 0 radical (unpaired) electrons. The second kappa shape index (κ2) is 4.89. The molecule has 1 unspecified atom stereocenters. The van der Waals surface area contributed by atoms with Crippen LogP contribution in [-0.4, -0.2) is 17.1 Å². The Morgan fingerprint density at radius 1 is 1.47 bits per heavy atom. The van der Waals surface area contributed by atoms with Gasteiger partial charge in [0, 0.05) is 6.07 Å². The van der Waals surface area contributed by atoms with Gasteiger partial charge in [-0.1, -0.05) is 17.7 Å². The summed E-state index contributed by atoms with van der Waals surface area (Å²) in [5, 5.41) is 10.4. The molecule has 1 aromatic rings. The van der Waals surface area contributed by atoms with Gasteiger partial charge in [0.1, 0.15) is 11.1 Å². The van der Waals surface area contributed by atoms with E-state index < -0.39 is 29.2 Å². The van der Waals surface area contributed by atoms with Crippen molar-refractivity contribution < 1.29 is 18.1 Å². The fourth-order valence-electron chi connectivity index (χ4n) is 1.19. The first-order valence-corrected chi connectivity index (χ1v) is 4.84. The summed E-state index contributed by atoms with van der Waals surface area (Å²) < 4.78 is 36.6. The van der Waals surface area contributed by atoms with E-state index >= 15 is 0 Å². The monoisotopic (exact) mass is 268 g/mol. The molecule has 1 rings (SSSR count). The highest BCUT2D eigenvalue weighted by atomic mass is 35.5. The largest absolute Gasteiger partial charge is 0.403 e. The number of rotatable bonds is 3. The van der Waals surface area contributed by atoms with E-state index in [-0.39, 0.29) is 10.6 Å². The maximum absolute atomic E-state index is 12.2. The summed E-state index contributed by atoms with van der Waals surface area (Å²) in [6.45, 7) is 0. The summed E-state index contributed by atoms with van der Waals surface area (Å²) in [5.74, 6) is 0. The maximum Gasteiger partial charge on any atom is 0.403 e. The molecule has 8 heteroatoms. The van der Waals surface area contributed by atoms with Crippen molar-refractivity contribution in [3.8, 4) is 0 Å². The van der Waals surface area contributed by atoms with Crippen LogP contribution >= 0.6 is 11.6 Å². The Kier molecular flexibility index (Phi) is 3.94. The van der Waals surface area contributed by atoms with Gasteiger partial charge in [0.25, 0.3) is 5.69 Å². The molecular formula is C9H8ClF3N2O2. The van der Waals surface area contributed by atoms with Crippen molar-refractivity contribution in [2.45, 2.75) is 18.6 Å². The summed E-state index contributed by atoms with van der Waals surface area (Å²) in [6.07, 6.45) is -5.06. The smallest absolute Gasteiger partial charge is 0.320 e. The number of hydrogen-bond donors (Lipinski definition) is 1. The van der Waals surface area contributed by atoms with Gasteiger partial charge in [-0.3, -0.25) is 10.1 Å². The summed E-state index contributed by atoms with van der Waals surface area (Å²) in [4.78, 5) is 9.77. The summed E-state index contributed by atoms with van der Waals surface area (Å²) in [7, 11) is 0. The number of nitrogens with two attached hydrogens (primary N) is 1. The van der Waals surface area contributed by atoms with Gasteiger partial charge in [-0.05, 0) is 18.1 Å². The molecule has 0 saturated carbocycles. The van der Waals surface area contributed by atoms with Crippen molar-refractivity contribution in [1.29, 1.82) is 0 Å². The number of benzene rings is 1. The minimum absolute atomic E-state index is 0.117. The average molecular weight is 269 g/mol. The second-order valence-corrected chi connectivity index (χ2v) is 3.80. The van der Waals surface area contributed by atoms with Crippen LogP contribution in [0.25, 0.3) is 0 Å². The number of nitro groups is 1. The first-order valence-electron chi connectivity index (χ1n) is 4.47. The lowest BCUT2D eigenvalue weighted by Crippen LogP contribution is -2.39. The molecule has 1 aromatic carbocycles. The Bertz CT molecular complexity index is 437. The van der Waals surface area contributed by atoms with Crippen molar-refractivity contribution in [2.75, 3.05) is 0 Å². The third kappa shape index (κ3) is 3.57. The first-order chi connectivity index (χ1) is 7.71. The zero-order valence-corrected chi connectivity index (χ0v) is 9.13. The van der Waals surface area contributed by atoms with Crippen molar-refractivity contribution in [3.05, 3.63) is 38.9 Å². The summed E-state index contributed by atoms with van der Waals surface area (Å²) in [5.41, 5.74) is 4.60. The zero-order valence-electron chi connectivity index (χ0n) is 8.37. The molecule has 17 heavy (non-hydrogen) atoms. The Labute approximate surface area is 99.3 Å². The fourth-order valence-corrected chi connectivity index (χ4v) is 1.38. The predicted octanol–water partition coefficient (Wildman–Crippen LogP) is 2.68. The van der Waals surface area contributed by atoms with Crippen LogP contribution in [0.5, 0.6) is 0 Å². The average Bonchev–Trinajstić information content (AvgIpc) is 2.19. The minimum atomic E-state index is -4.53. The Morgan fingerprint density at radius 2 is 2.06 bits per heavy atom. The molecule has 0 bridgehead atoms. The van der Waals surface area contributed by atoms with Crippen molar-refractivity contribution >= 4 is 17.3 Å². The van der Waals surface area contributed by atoms with Crippen LogP contribution in [0.4, 0.5) is 18.9 Å². The minimum Gasteiger partial charge on any atom is -0.320 e. The van der Waals surface area contributed by atoms with E-state index in [2.05, 4.69) is 0 Å². The van der Waals surface area contributed by atoms with Gasteiger partial charge >= 0.3 is 6.18 Å². The van der Waals surface area contributed by atoms with E-state index in [1.54, 1.807) is 0 Å². The fraction of sp³-hybridized carbons (Fsp3) is 0.333. The van der Waals surface area contributed by atoms with E-state index in [1.807, 2.05) is 0 Å². The number of alkyl halides is 3. The molecule has 0 aliphatic heterocycles. The molecule has 0 aliphatic rings. The van der Waals surface area contributed by atoms with Crippen LogP contribution in [0.3, 0.4) is 0 Å². The Hall–Kier alpha value is -1.34. The molecule has 0 heterocycles. The van der Waals surface area contributed by atoms with Crippen LogP contribution < -0.4 is 5.73 Å². The van der Waals surface area contributed by atoms with Crippen LogP contribution in [0, 0.1) is 10.1 Å². The zero-order chi connectivity index (χ0) is 13.2. The van der Waals surface area contributed by atoms with Gasteiger partial charge in [0.15, 0.2) is 0 Å². The number of nitro benzene ring substituents is 1. The third-order valence-corrected chi connectivity index (χ3v) is 2.40. The van der Waals surface area contributed by atoms with Gasteiger partial charge in [-0.2, -0.15) is 13.2 Å². The molecule has 1 atom stereocenters. The summed E-state index contributed by atoms with van der Waals surface area (Å²) in [6, 6.07) is 1.40. The first kappa shape index (κ1) is 13.7. The molecule has 94 valence electrons. The lowest BCUT2D eigenvalue weighted by molar-refractivity contribution is -0.384. The predicted molar refractivity (Wildman–Crippen MR) is 55.8 cm³/mol. The highest BCUT2D eigenvalue weighted by Gasteiger charge is 2.36. The van der Waals surface area contributed by atoms with Gasteiger partial charge < -0.3 is 5.73 Å². The van der Waals surface area contributed by atoms with Crippen molar-refractivity contribution in [2.24, 2.45) is 5.73 Å². The quantitative estimate of drug-likeness (QED) is 0.677. The highest BCUT2D eigenvalue weighted by molar-refractivity contribution is 6.32. The lowest BCUT2D eigenvalue weighted by Gasteiger charge is -2.15. The molecule has 0 spiro atoms. The van der Waals surface area contributed by atoms with Crippen LogP contribution in [-0.2, 0) is 6.42 Å². The van der Waals surface area contributed by atoms with E-state index in [4.69, 9.17) is 17.3 Å². The molecular weight excluding hydrogens is 261 g/mol. The topological polar surface area (TPSA) is 69.2 Å². The van der Waals surface area contributed by atoms with Gasteiger partial charge in [0.05, 0.1) is 4.92 Å². The van der Waals surface area contributed by atoms with E-state index in [0.29, 0.717) is 0 Å². The molecule has 0 aromatic heterocycles. The molecule has 2 N–H and O–H groups in total. The number of hydrogen-bond acceptors (Lipinski definition) is 3. The summed E-state index contributed by atoms with van der Waals surface area (Å²) >= 11 is 5.52. The van der Waals surface area contributed by atoms with E-state index in [9.17, 15) is 23.3 Å². The molecule has 0 aliphatic carbocycles. The standard InChI is InChI=1S/C9H8ClF3N2O2/c10-6-2-1-5(3-7(6)15(16)17)4-8(14)9(11,12)13/h1-3,8H,4,14H2. The van der Waals surface area contributed by atoms with Crippen molar-refractivity contribution in [1.82, 2.24) is 0 Å². The Balaban J connectivity index is 2.94. The SMILES string of the molecule is NC(Cc1ccc(Cl)c([N+](=O)[O-])c1)C(F)(F)F. The van der Waals surface area contributed by atoms with Gasteiger partial charge in [-0.25, -0.2) is 0 Å². The lowest BCUT2D eigenvalue weighted by atomic mass is 10.1. The van der Waals surface area contributed by atoms with Gasteiger partial charge in [0.2, 0.25) is 0 Å². The molecule has 4 nitrogen and oxygen atoms in total. The maximum atomic E-state index is 12.2. The molecule has 0 saturated heterocycles. The molecule has 0 amide bonds. The van der Waals surface area contributed by atoms with Crippen molar-refractivity contribution in [3.63, 3.8) is 0 Å². The normalized spacial score (nSPS) is 13.5. The number of halogens is 4. The van der Waals surface area contributed by atoms with E-state index in [0.717, 1.165) is 6.07 Å². The second-order valence-electron chi connectivity index (χ2n) is 3.40. The van der Waals surface area contributed by atoms with Crippen LogP contribution in [0.2, 0.25) is 5.02 Å².